The number of rotatable bonds is 6. The lowest BCUT2D eigenvalue weighted by Crippen LogP contribution is -2.42. The van der Waals surface area contributed by atoms with Crippen molar-refractivity contribution in [3.63, 3.8) is 0 Å². The highest BCUT2D eigenvalue weighted by Gasteiger charge is 2.37. The number of carbonyl (C=O) groups is 4. The topological polar surface area (TPSA) is 138 Å². The molecule has 6 aromatic rings. The summed E-state index contributed by atoms with van der Waals surface area (Å²) in [6.07, 6.45) is 4.98. The first-order chi connectivity index (χ1) is 28.2. The van der Waals surface area contributed by atoms with Crippen molar-refractivity contribution in [3.8, 4) is 22.3 Å². The number of piperidine rings is 2. The molecule has 2 saturated heterocycles. The van der Waals surface area contributed by atoms with Crippen LogP contribution in [0, 0.1) is 0 Å². The fraction of sp³-hybridized carbons (Fsp3) is 0.256. The fourth-order valence-electron chi connectivity index (χ4n) is 7.04. The lowest BCUT2D eigenvalue weighted by atomic mass is 9.98. The van der Waals surface area contributed by atoms with Crippen LogP contribution < -0.4 is 5.32 Å². The van der Waals surface area contributed by atoms with E-state index in [9.17, 15) is 36.7 Å². The van der Waals surface area contributed by atoms with Crippen molar-refractivity contribution < 1.29 is 36.7 Å². The minimum absolute atomic E-state index is 0.0485. The minimum atomic E-state index is -2.69. The van der Waals surface area contributed by atoms with E-state index < -0.39 is 17.1 Å². The van der Waals surface area contributed by atoms with Gasteiger partial charge in [-0.25, -0.2) is 37.5 Å². The van der Waals surface area contributed by atoms with E-state index in [1.165, 1.54) is 29.2 Å². The molecule has 2 fully saturated rings. The predicted octanol–water partition coefficient (Wildman–Crippen LogP) is 8.07. The van der Waals surface area contributed by atoms with Crippen LogP contribution in [0.1, 0.15) is 67.6 Å². The molecule has 0 atom stereocenters. The van der Waals surface area contributed by atoms with Crippen LogP contribution in [0.2, 0.25) is 0 Å². The van der Waals surface area contributed by atoms with E-state index in [2.05, 4.69) is 25.3 Å². The molecule has 2 aliphatic heterocycles. The zero-order valence-electron chi connectivity index (χ0n) is 31.6. The zero-order valence-corrected chi connectivity index (χ0v) is 32.4. The van der Waals surface area contributed by atoms with Gasteiger partial charge in [-0.2, -0.15) is 0 Å². The Bertz CT molecular complexity index is 2560. The van der Waals surface area contributed by atoms with Crippen LogP contribution in [0.5, 0.6) is 0 Å². The molecule has 4 aromatic carbocycles. The van der Waals surface area contributed by atoms with Crippen LogP contribution in [0.25, 0.3) is 43.8 Å². The summed E-state index contributed by atoms with van der Waals surface area (Å²) in [6.45, 7) is 0.206. The quantitative estimate of drug-likeness (QED) is 0.132. The average Bonchev–Trinajstić information content (AvgIpc) is 3.25. The number of nitrogens with zero attached hydrogens (tertiary/aromatic N) is 6. The number of halogens is 5. The number of aromatic nitrogens is 4. The maximum Gasteiger partial charge on any atom is 0.289 e. The third-order valence-electron chi connectivity index (χ3n) is 10.4. The Morgan fingerprint density at radius 3 is 1.36 bits per heavy atom. The molecule has 3 amide bonds. The van der Waals surface area contributed by atoms with Crippen LogP contribution in [-0.2, 0) is 0 Å². The molecule has 16 heteroatoms. The Morgan fingerprint density at radius 1 is 0.593 bits per heavy atom. The number of benzene rings is 4. The van der Waals surface area contributed by atoms with Gasteiger partial charge in [0.25, 0.3) is 34.8 Å². The zero-order chi connectivity index (χ0) is 41.9. The van der Waals surface area contributed by atoms with Crippen LogP contribution in [0.15, 0.2) is 97.6 Å². The summed E-state index contributed by atoms with van der Waals surface area (Å²) in [5, 5.41) is 5.20. The predicted molar refractivity (Wildman–Crippen MR) is 214 cm³/mol. The van der Waals surface area contributed by atoms with Crippen molar-refractivity contribution in [2.24, 2.45) is 0 Å². The Hall–Kier alpha value is -6.35. The summed E-state index contributed by atoms with van der Waals surface area (Å²) >= 11 is 5.38. The number of hydrogen-bond donors (Lipinski definition) is 1. The average molecular weight is 826 g/mol. The van der Waals surface area contributed by atoms with E-state index in [1.807, 2.05) is 48.5 Å². The van der Waals surface area contributed by atoms with Crippen LogP contribution >= 0.6 is 11.6 Å². The molecule has 8 rings (SSSR count). The van der Waals surface area contributed by atoms with Gasteiger partial charge in [0.05, 0.1) is 0 Å². The van der Waals surface area contributed by atoms with E-state index in [-0.39, 0.29) is 81.2 Å². The fourth-order valence-corrected chi connectivity index (χ4v) is 7.14. The molecule has 2 aromatic heterocycles. The summed E-state index contributed by atoms with van der Waals surface area (Å²) in [5.74, 6) is -6.22. The van der Waals surface area contributed by atoms with Gasteiger partial charge in [-0.15, -0.1) is 0 Å². The Balaban J connectivity index is 0.000000179. The van der Waals surface area contributed by atoms with Gasteiger partial charge in [0, 0.05) is 106 Å². The molecule has 302 valence electrons. The van der Waals surface area contributed by atoms with Crippen molar-refractivity contribution in [3.05, 3.63) is 120 Å². The van der Waals surface area contributed by atoms with E-state index in [0.29, 0.717) is 16.7 Å². The van der Waals surface area contributed by atoms with Crippen molar-refractivity contribution >= 4 is 56.1 Å². The lowest BCUT2D eigenvalue weighted by molar-refractivity contribution is -0.0503. The first-order valence-electron chi connectivity index (χ1n) is 18.7. The number of fused-ring (bicyclic) bond motifs is 2. The van der Waals surface area contributed by atoms with Gasteiger partial charge < -0.3 is 15.1 Å². The Morgan fingerprint density at radius 2 is 0.983 bits per heavy atom. The van der Waals surface area contributed by atoms with Crippen molar-refractivity contribution in [2.45, 2.75) is 37.5 Å². The summed E-state index contributed by atoms with van der Waals surface area (Å²) in [4.78, 5) is 67.3. The molecular formula is C43H36ClF4N7O4. The molecule has 0 spiro atoms. The highest BCUT2D eigenvalue weighted by atomic mass is 35.5. The van der Waals surface area contributed by atoms with Crippen LogP contribution in [0.4, 0.5) is 17.6 Å². The minimum Gasteiger partial charge on any atom is -0.352 e. The first kappa shape index (κ1) is 40.8. The molecule has 11 nitrogen and oxygen atoms in total. The Labute approximate surface area is 340 Å². The highest BCUT2D eigenvalue weighted by molar-refractivity contribution is 6.67. The third-order valence-corrected chi connectivity index (χ3v) is 10.5. The van der Waals surface area contributed by atoms with Gasteiger partial charge in [-0.3, -0.25) is 19.2 Å². The normalized spacial score (nSPS) is 15.9. The van der Waals surface area contributed by atoms with Gasteiger partial charge in [0.2, 0.25) is 11.6 Å². The number of amides is 3. The van der Waals surface area contributed by atoms with Gasteiger partial charge in [0.15, 0.2) is 0 Å². The van der Waals surface area contributed by atoms with Gasteiger partial charge >= 0.3 is 0 Å². The van der Waals surface area contributed by atoms with Crippen molar-refractivity contribution in [1.82, 2.24) is 35.1 Å². The molecule has 0 radical (unpaired) electrons. The summed E-state index contributed by atoms with van der Waals surface area (Å²) in [6, 6.07) is 21.8. The van der Waals surface area contributed by atoms with E-state index in [0.717, 1.165) is 38.2 Å². The second kappa shape index (κ2) is 16.9. The third kappa shape index (κ3) is 9.20. The summed E-state index contributed by atoms with van der Waals surface area (Å²) in [7, 11) is 1.51. The first-order valence-corrected chi connectivity index (χ1v) is 19.1. The smallest absolute Gasteiger partial charge is 0.289 e. The van der Waals surface area contributed by atoms with Gasteiger partial charge in [-0.05, 0) is 68.5 Å². The van der Waals surface area contributed by atoms with Crippen LogP contribution in [0.3, 0.4) is 0 Å². The highest BCUT2D eigenvalue weighted by Crippen LogP contribution is 2.33. The second-order valence-corrected chi connectivity index (χ2v) is 14.6. The lowest BCUT2D eigenvalue weighted by Gasteiger charge is -2.31. The number of hydrogen-bond acceptors (Lipinski definition) is 8. The molecule has 0 aliphatic carbocycles. The monoisotopic (exact) mass is 825 g/mol. The molecule has 4 heterocycles. The number of nitrogens with one attached hydrogen (secondary N) is 1. The molecule has 0 saturated carbocycles. The van der Waals surface area contributed by atoms with E-state index >= 15 is 0 Å². The largest absolute Gasteiger partial charge is 0.352 e. The van der Waals surface area contributed by atoms with Crippen molar-refractivity contribution in [2.75, 3.05) is 33.2 Å². The standard InChI is InChI=1S/C22H20F2N4O2.C21H16ClF2N3O2/c1-25-20(29)19-26-12-16(13-27-19)17-4-2-3-14-11-15(5-6-18(14)17)21(30)28-9-7-22(23,24)8-10-28;22-18(28)19-25-11-15(12-26-19)16-3-1-2-13-10-14(4-5-17(13)16)20(29)27-8-6-21(23,24)7-9-27/h2-6,11-13H,7-10H2,1H3,(H,25,29);1-5,10-12H,6-9H2. The SMILES string of the molecule is CNC(=O)c1ncc(-c2cccc3cc(C(=O)N4CCC(F)(F)CC4)ccc23)cn1.O=C(Cl)c1ncc(-c2cccc3cc(C(=O)N4CCC(F)(F)CC4)ccc23)cn1. The summed E-state index contributed by atoms with van der Waals surface area (Å²) in [5.41, 5.74) is 4.08. The van der Waals surface area contributed by atoms with Gasteiger partial charge in [0.1, 0.15) is 0 Å². The number of likely N-dealkylation sites (tertiary alicyclic amines) is 2. The Kier molecular flexibility index (Phi) is 11.7. The van der Waals surface area contributed by atoms with Crippen molar-refractivity contribution in [1.29, 1.82) is 0 Å². The van der Waals surface area contributed by atoms with Crippen LogP contribution in [-0.4, -0.2) is 97.8 Å². The molecular weight excluding hydrogens is 790 g/mol. The molecule has 2 aliphatic rings. The second-order valence-electron chi connectivity index (χ2n) is 14.2. The number of carbonyl (C=O) groups excluding carboxylic acids is 4. The molecule has 0 bridgehead atoms. The van der Waals surface area contributed by atoms with Gasteiger partial charge in [-0.1, -0.05) is 48.5 Å². The van der Waals surface area contributed by atoms with E-state index in [4.69, 9.17) is 11.6 Å². The number of alkyl halides is 4. The van der Waals surface area contributed by atoms with E-state index in [1.54, 1.807) is 36.7 Å². The maximum absolute atomic E-state index is 13.4. The maximum atomic E-state index is 13.4. The molecule has 1 N–H and O–H groups in total. The molecule has 59 heavy (non-hydrogen) atoms. The molecule has 0 unspecified atom stereocenters. The summed E-state index contributed by atoms with van der Waals surface area (Å²) < 4.78 is 53.5.